The molecule has 0 aliphatic heterocycles. The molecule has 0 heterocycles. The molecule has 0 aliphatic carbocycles. The van der Waals surface area contributed by atoms with E-state index >= 15 is 0 Å². The van der Waals surface area contributed by atoms with Gasteiger partial charge < -0.3 is 15.3 Å². The Bertz CT molecular complexity index is 492. The molecule has 4 heteroatoms. The van der Waals surface area contributed by atoms with Gasteiger partial charge in [0.1, 0.15) is 0 Å². The van der Waals surface area contributed by atoms with Crippen LogP contribution in [0, 0.1) is 13.8 Å². The summed E-state index contributed by atoms with van der Waals surface area (Å²) in [7, 11) is 1.75. The van der Waals surface area contributed by atoms with Crippen molar-refractivity contribution in [3.8, 4) is 0 Å². The minimum Gasteiger partial charge on any atom is -0.390 e. The monoisotopic (exact) mass is 292 g/mol. The van der Waals surface area contributed by atoms with Crippen molar-refractivity contribution in [3.05, 3.63) is 34.9 Å². The summed E-state index contributed by atoms with van der Waals surface area (Å²) in [6.07, 6.45) is 0.550. The normalized spacial score (nSPS) is 12.9. The maximum Gasteiger partial charge on any atom is 0.317 e. The summed E-state index contributed by atoms with van der Waals surface area (Å²) in [5.74, 6) is 0. The Kier molecular flexibility index (Phi) is 5.78. The van der Waals surface area contributed by atoms with E-state index in [-0.39, 0.29) is 12.1 Å². The number of hydrogen-bond acceptors (Lipinski definition) is 2. The summed E-state index contributed by atoms with van der Waals surface area (Å²) in [4.78, 5) is 13.8. The molecule has 2 amide bonds. The van der Waals surface area contributed by atoms with E-state index in [1.165, 1.54) is 11.1 Å². The number of nitrogens with one attached hydrogen (secondary N) is 1. The standard InChI is InChI=1S/C17H28N2O2/c1-12-7-8-13(2)15(11-12)14(3)18-16(20)19(6)10-9-17(4,5)21/h7-8,11,14,21H,9-10H2,1-6H3,(H,18,20)/t14-/m0/s1. The molecule has 118 valence electrons. The van der Waals surface area contributed by atoms with Crippen LogP contribution in [-0.2, 0) is 0 Å². The van der Waals surface area contributed by atoms with E-state index < -0.39 is 5.60 Å². The average Bonchev–Trinajstić information content (AvgIpc) is 2.37. The number of amides is 2. The molecule has 1 atom stereocenters. The number of carbonyl (C=O) groups excluding carboxylic acids is 1. The van der Waals surface area contributed by atoms with Gasteiger partial charge in [0.05, 0.1) is 11.6 Å². The maximum atomic E-state index is 12.2. The Balaban J connectivity index is 2.63. The quantitative estimate of drug-likeness (QED) is 0.876. The topological polar surface area (TPSA) is 52.6 Å². The number of urea groups is 1. The van der Waals surface area contributed by atoms with Crippen molar-refractivity contribution >= 4 is 6.03 Å². The van der Waals surface area contributed by atoms with E-state index in [2.05, 4.69) is 30.4 Å². The fourth-order valence-electron chi connectivity index (χ4n) is 2.14. The van der Waals surface area contributed by atoms with E-state index in [1.807, 2.05) is 13.8 Å². The summed E-state index contributed by atoms with van der Waals surface area (Å²) < 4.78 is 0. The van der Waals surface area contributed by atoms with Crippen LogP contribution >= 0.6 is 0 Å². The highest BCUT2D eigenvalue weighted by molar-refractivity contribution is 5.74. The molecule has 0 saturated carbocycles. The minimum atomic E-state index is -0.757. The van der Waals surface area contributed by atoms with Gasteiger partial charge in [-0.2, -0.15) is 0 Å². The first-order chi connectivity index (χ1) is 9.60. The molecule has 1 rings (SSSR count). The van der Waals surface area contributed by atoms with Gasteiger partial charge in [0.2, 0.25) is 0 Å². The summed E-state index contributed by atoms with van der Waals surface area (Å²) in [6, 6.07) is 6.10. The highest BCUT2D eigenvalue weighted by Gasteiger charge is 2.18. The molecule has 0 fully saturated rings. The van der Waals surface area contributed by atoms with E-state index in [9.17, 15) is 9.90 Å². The van der Waals surface area contributed by atoms with Gasteiger partial charge in [-0.1, -0.05) is 23.8 Å². The van der Waals surface area contributed by atoms with Gasteiger partial charge in [-0.05, 0) is 52.2 Å². The predicted octanol–water partition coefficient (Wildman–Crippen LogP) is 3.17. The average molecular weight is 292 g/mol. The van der Waals surface area contributed by atoms with Gasteiger partial charge >= 0.3 is 6.03 Å². The van der Waals surface area contributed by atoms with E-state index in [0.717, 1.165) is 5.56 Å². The van der Waals surface area contributed by atoms with Crippen LogP contribution in [0.3, 0.4) is 0 Å². The lowest BCUT2D eigenvalue weighted by Gasteiger charge is -2.25. The third-order valence-corrected chi connectivity index (χ3v) is 3.65. The van der Waals surface area contributed by atoms with Crippen LogP contribution < -0.4 is 5.32 Å². The highest BCUT2D eigenvalue weighted by atomic mass is 16.3. The lowest BCUT2D eigenvalue weighted by molar-refractivity contribution is 0.0636. The zero-order valence-electron chi connectivity index (χ0n) is 14.0. The molecule has 1 aromatic rings. The first-order valence-corrected chi connectivity index (χ1v) is 7.41. The van der Waals surface area contributed by atoms with Crippen molar-refractivity contribution in [2.24, 2.45) is 0 Å². The third-order valence-electron chi connectivity index (χ3n) is 3.65. The second-order valence-corrected chi connectivity index (χ2v) is 6.52. The maximum absolute atomic E-state index is 12.2. The molecule has 0 bridgehead atoms. The van der Waals surface area contributed by atoms with Crippen molar-refractivity contribution in [2.75, 3.05) is 13.6 Å². The van der Waals surface area contributed by atoms with Gasteiger partial charge in [-0.15, -0.1) is 0 Å². The van der Waals surface area contributed by atoms with Crippen LogP contribution in [0.5, 0.6) is 0 Å². The minimum absolute atomic E-state index is 0.0398. The van der Waals surface area contributed by atoms with Gasteiger partial charge in [0.25, 0.3) is 0 Å². The first-order valence-electron chi connectivity index (χ1n) is 7.41. The van der Waals surface area contributed by atoms with Crippen molar-refractivity contribution in [2.45, 2.75) is 52.7 Å². The van der Waals surface area contributed by atoms with Crippen LogP contribution in [0.25, 0.3) is 0 Å². The molecule has 0 spiro atoms. The fourth-order valence-corrected chi connectivity index (χ4v) is 2.14. The third kappa shape index (κ3) is 5.76. The fraction of sp³-hybridized carbons (Fsp3) is 0.588. The lowest BCUT2D eigenvalue weighted by atomic mass is 10.00. The van der Waals surface area contributed by atoms with Crippen LogP contribution in [0.4, 0.5) is 4.79 Å². The number of nitrogens with zero attached hydrogens (tertiary/aromatic N) is 1. The molecule has 0 saturated heterocycles. The molecular formula is C17H28N2O2. The Hall–Kier alpha value is -1.55. The smallest absolute Gasteiger partial charge is 0.317 e. The predicted molar refractivity (Wildman–Crippen MR) is 86.4 cm³/mol. The molecule has 0 radical (unpaired) electrons. The molecule has 4 nitrogen and oxygen atoms in total. The van der Waals surface area contributed by atoms with Crippen LogP contribution in [0.2, 0.25) is 0 Å². The zero-order chi connectivity index (χ0) is 16.2. The summed E-state index contributed by atoms with van der Waals surface area (Å²) in [6.45, 7) is 10.1. The number of aryl methyl sites for hydroxylation is 2. The molecule has 0 aliphatic rings. The summed E-state index contributed by atoms with van der Waals surface area (Å²) >= 11 is 0. The van der Waals surface area contributed by atoms with E-state index in [4.69, 9.17) is 0 Å². The second kappa shape index (κ2) is 6.94. The van der Waals surface area contributed by atoms with Crippen molar-refractivity contribution in [3.63, 3.8) is 0 Å². The summed E-state index contributed by atoms with van der Waals surface area (Å²) in [5.41, 5.74) is 2.74. The van der Waals surface area contributed by atoms with E-state index in [1.54, 1.807) is 25.8 Å². The Labute approximate surface area is 128 Å². The largest absolute Gasteiger partial charge is 0.390 e. The van der Waals surface area contributed by atoms with Crippen molar-refractivity contribution in [1.29, 1.82) is 0 Å². The molecule has 0 unspecified atom stereocenters. The number of rotatable bonds is 5. The first kappa shape index (κ1) is 17.5. The zero-order valence-corrected chi connectivity index (χ0v) is 14.0. The second-order valence-electron chi connectivity index (χ2n) is 6.52. The molecule has 1 aromatic carbocycles. The van der Waals surface area contributed by atoms with Crippen molar-refractivity contribution in [1.82, 2.24) is 10.2 Å². The van der Waals surface area contributed by atoms with Gasteiger partial charge in [0.15, 0.2) is 0 Å². The molecule has 2 N–H and O–H groups in total. The van der Waals surface area contributed by atoms with Gasteiger partial charge in [-0.3, -0.25) is 0 Å². The Morgan fingerprint density at radius 1 is 1.38 bits per heavy atom. The number of aliphatic hydroxyl groups is 1. The van der Waals surface area contributed by atoms with Crippen LogP contribution in [0.15, 0.2) is 18.2 Å². The van der Waals surface area contributed by atoms with Crippen LogP contribution in [-0.4, -0.2) is 35.2 Å². The number of carbonyl (C=O) groups is 1. The van der Waals surface area contributed by atoms with E-state index in [0.29, 0.717) is 13.0 Å². The van der Waals surface area contributed by atoms with Crippen LogP contribution in [0.1, 0.15) is 49.9 Å². The summed E-state index contributed by atoms with van der Waals surface area (Å²) in [5, 5.41) is 12.7. The van der Waals surface area contributed by atoms with Gasteiger partial charge in [-0.25, -0.2) is 4.79 Å². The SMILES string of the molecule is Cc1ccc(C)c([C@H](C)NC(=O)N(C)CCC(C)(C)O)c1. The lowest BCUT2D eigenvalue weighted by Crippen LogP contribution is -2.40. The van der Waals surface area contributed by atoms with Crippen molar-refractivity contribution < 1.29 is 9.90 Å². The number of benzene rings is 1. The van der Waals surface area contributed by atoms with Gasteiger partial charge in [0, 0.05) is 13.6 Å². The molecule has 21 heavy (non-hydrogen) atoms. The molecule has 0 aromatic heterocycles. The number of hydrogen-bond donors (Lipinski definition) is 2. The Morgan fingerprint density at radius 2 is 2.00 bits per heavy atom. The highest BCUT2D eigenvalue weighted by Crippen LogP contribution is 2.19. The Morgan fingerprint density at radius 3 is 2.57 bits per heavy atom. The molecular weight excluding hydrogens is 264 g/mol.